The first-order valence-electron chi connectivity index (χ1n) is 9.72. The van der Waals surface area contributed by atoms with Gasteiger partial charge in [-0.25, -0.2) is 8.42 Å². The zero-order valence-electron chi connectivity index (χ0n) is 15.1. The van der Waals surface area contributed by atoms with Crippen LogP contribution in [0.5, 0.6) is 0 Å². The number of piperidine rings is 2. The first-order chi connectivity index (χ1) is 12.5. The number of halogens is 1. The van der Waals surface area contributed by atoms with Crippen molar-refractivity contribution >= 4 is 21.6 Å². The Morgan fingerprint density at radius 2 is 2.12 bits per heavy atom. The van der Waals surface area contributed by atoms with Gasteiger partial charge in [-0.1, -0.05) is 23.7 Å². The average molecular weight is 398 g/mol. The Bertz CT molecular complexity index is 770. The van der Waals surface area contributed by atoms with Crippen LogP contribution in [-0.4, -0.2) is 55.6 Å². The topological polar surface area (TPSA) is 66.6 Å². The number of sulfonamides is 1. The van der Waals surface area contributed by atoms with E-state index >= 15 is 0 Å². The highest BCUT2D eigenvalue weighted by molar-refractivity contribution is 7.89. The summed E-state index contributed by atoms with van der Waals surface area (Å²) in [5.41, 5.74) is 8.10. The number of hydrogen-bond donors (Lipinski definition) is 1. The lowest BCUT2D eigenvalue weighted by atomic mass is 9.77. The lowest BCUT2D eigenvalue weighted by Crippen LogP contribution is -2.57. The van der Waals surface area contributed by atoms with Gasteiger partial charge in [-0.2, -0.15) is 4.31 Å². The second-order valence-corrected chi connectivity index (χ2v) is 10.3. The summed E-state index contributed by atoms with van der Waals surface area (Å²) in [5.74, 6) is 0.608. The van der Waals surface area contributed by atoms with Crippen LogP contribution in [0.3, 0.4) is 0 Å². The van der Waals surface area contributed by atoms with E-state index in [9.17, 15) is 8.42 Å². The van der Waals surface area contributed by atoms with E-state index in [1.807, 2.05) is 16.4 Å². The summed E-state index contributed by atoms with van der Waals surface area (Å²) in [6.45, 7) is 3.08. The minimum Gasteiger partial charge on any atom is -0.330 e. The summed E-state index contributed by atoms with van der Waals surface area (Å²) in [7, 11) is -3.23. The highest BCUT2D eigenvalue weighted by Crippen LogP contribution is 2.44. The van der Waals surface area contributed by atoms with Crippen LogP contribution in [0.1, 0.15) is 42.9 Å². The second-order valence-electron chi connectivity index (χ2n) is 7.84. The van der Waals surface area contributed by atoms with Crippen molar-refractivity contribution in [2.45, 2.75) is 44.2 Å². The monoisotopic (exact) mass is 397 g/mol. The summed E-state index contributed by atoms with van der Waals surface area (Å²) in [6, 6.07) is 6.55. The van der Waals surface area contributed by atoms with Gasteiger partial charge in [0.05, 0.1) is 5.75 Å². The molecule has 4 rings (SSSR count). The third-order valence-electron chi connectivity index (χ3n) is 6.37. The first kappa shape index (κ1) is 18.7. The molecule has 2 N–H and O–H groups in total. The molecular formula is C19H28ClN3O2S. The van der Waals surface area contributed by atoms with Crippen molar-refractivity contribution in [3.05, 3.63) is 34.3 Å². The fraction of sp³-hybridized carbons (Fsp3) is 0.684. The van der Waals surface area contributed by atoms with Gasteiger partial charge in [0.1, 0.15) is 0 Å². The lowest BCUT2D eigenvalue weighted by molar-refractivity contribution is 0.0220. The van der Waals surface area contributed by atoms with Crippen LogP contribution in [0, 0.1) is 5.92 Å². The van der Waals surface area contributed by atoms with Crippen molar-refractivity contribution in [2.24, 2.45) is 11.7 Å². The molecular weight excluding hydrogens is 370 g/mol. The van der Waals surface area contributed by atoms with Crippen LogP contribution in [-0.2, 0) is 16.4 Å². The second kappa shape index (κ2) is 7.40. The Kier molecular flexibility index (Phi) is 5.32. The van der Waals surface area contributed by atoms with Gasteiger partial charge in [0, 0.05) is 36.7 Å². The number of hydrogen-bond acceptors (Lipinski definition) is 4. The van der Waals surface area contributed by atoms with Crippen LogP contribution in [0.2, 0.25) is 5.02 Å². The van der Waals surface area contributed by atoms with Gasteiger partial charge < -0.3 is 5.73 Å². The molecule has 3 aliphatic heterocycles. The summed E-state index contributed by atoms with van der Waals surface area (Å²) in [6.07, 6.45) is 4.48. The van der Waals surface area contributed by atoms with Crippen molar-refractivity contribution in [3.63, 3.8) is 0 Å². The Hall–Kier alpha value is -0.660. The van der Waals surface area contributed by atoms with Gasteiger partial charge in [0.2, 0.25) is 10.0 Å². The van der Waals surface area contributed by atoms with Crippen molar-refractivity contribution in [2.75, 3.05) is 31.9 Å². The van der Waals surface area contributed by atoms with E-state index in [1.165, 1.54) is 11.1 Å². The number of benzene rings is 1. The molecule has 2 fully saturated rings. The van der Waals surface area contributed by atoms with E-state index in [0.717, 1.165) is 43.8 Å². The number of nitrogens with zero attached hydrogens (tertiary/aromatic N) is 2. The summed E-state index contributed by atoms with van der Waals surface area (Å²) < 4.78 is 27.6. The standard InChI is InChI=1S/C19H28ClN3O2S/c20-17-6-1-5-16-15(17)7-10-22-13-14-4-2-9-23(18(14)12-19(16)22)26(24,25)11-3-8-21/h1,5-6,14,18-19H,2-4,7-13,21H2/t14-,18+,19+/m1/s1. The maximum absolute atomic E-state index is 12.9. The minimum absolute atomic E-state index is 0.109. The highest BCUT2D eigenvalue weighted by atomic mass is 35.5. The Labute approximate surface area is 161 Å². The quantitative estimate of drug-likeness (QED) is 0.847. The normalized spacial score (nSPS) is 29.7. The molecule has 3 heterocycles. The van der Waals surface area contributed by atoms with Crippen molar-refractivity contribution in [1.29, 1.82) is 0 Å². The van der Waals surface area contributed by atoms with Crippen LogP contribution < -0.4 is 5.73 Å². The predicted octanol–water partition coefficient (Wildman–Crippen LogP) is 2.40. The zero-order chi connectivity index (χ0) is 18.3. The molecule has 1 aromatic carbocycles. The molecule has 0 amide bonds. The Balaban J connectivity index is 1.62. The third kappa shape index (κ3) is 3.31. The molecule has 0 aromatic heterocycles. The summed E-state index contributed by atoms with van der Waals surface area (Å²) in [4.78, 5) is 2.55. The van der Waals surface area contributed by atoms with Crippen LogP contribution in [0.15, 0.2) is 18.2 Å². The van der Waals surface area contributed by atoms with Crippen LogP contribution in [0.4, 0.5) is 0 Å². The molecule has 7 heteroatoms. The van der Waals surface area contributed by atoms with Crippen molar-refractivity contribution < 1.29 is 8.42 Å². The fourth-order valence-corrected chi connectivity index (χ4v) is 7.26. The molecule has 0 bridgehead atoms. The minimum atomic E-state index is -3.23. The van der Waals surface area contributed by atoms with Gasteiger partial charge >= 0.3 is 0 Å². The maximum Gasteiger partial charge on any atom is 0.214 e. The van der Waals surface area contributed by atoms with Gasteiger partial charge in [-0.05, 0) is 61.8 Å². The maximum atomic E-state index is 12.9. The van der Waals surface area contributed by atoms with E-state index in [1.54, 1.807) is 0 Å². The first-order valence-corrected chi connectivity index (χ1v) is 11.7. The van der Waals surface area contributed by atoms with Crippen LogP contribution >= 0.6 is 11.6 Å². The van der Waals surface area contributed by atoms with Crippen molar-refractivity contribution in [3.8, 4) is 0 Å². The van der Waals surface area contributed by atoms with Crippen LogP contribution in [0.25, 0.3) is 0 Å². The lowest BCUT2D eigenvalue weighted by Gasteiger charge is -2.51. The molecule has 3 atom stereocenters. The molecule has 2 saturated heterocycles. The average Bonchev–Trinajstić information content (AvgIpc) is 2.64. The summed E-state index contributed by atoms with van der Waals surface area (Å²) >= 11 is 6.43. The molecule has 0 radical (unpaired) electrons. The van der Waals surface area contributed by atoms with E-state index in [-0.39, 0.29) is 17.8 Å². The molecule has 0 unspecified atom stereocenters. The third-order valence-corrected chi connectivity index (χ3v) is 8.70. The molecule has 3 aliphatic rings. The molecule has 26 heavy (non-hydrogen) atoms. The van der Waals surface area contributed by atoms with E-state index in [4.69, 9.17) is 17.3 Å². The summed E-state index contributed by atoms with van der Waals surface area (Å²) in [5, 5.41) is 0.848. The molecule has 0 spiro atoms. The molecule has 0 aliphatic carbocycles. The molecule has 0 saturated carbocycles. The van der Waals surface area contributed by atoms with Gasteiger partial charge in [0.25, 0.3) is 0 Å². The Morgan fingerprint density at radius 1 is 1.27 bits per heavy atom. The highest BCUT2D eigenvalue weighted by Gasteiger charge is 2.45. The zero-order valence-corrected chi connectivity index (χ0v) is 16.7. The molecule has 1 aromatic rings. The smallest absolute Gasteiger partial charge is 0.214 e. The SMILES string of the molecule is NCCCS(=O)(=O)N1CCC[C@@H]2CN3CCc4c(Cl)cccc4[C@@H]3C[C@@H]21. The van der Waals surface area contributed by atoms with Gasteiger partial charge in [-0.3, -0.25) is 4.90 Å². The molecule has 144 valence electrons. The largest absolute Gasteiger partial charge is 0.330 e. The van der Waals surface area contributed by atoms with E-state index < -0.39 is 10.0 Å². The van der Waals surface area contributed by atoms with Gasteiger partial charge in [0.15, 0.2) is 0 Å². The fourth-order valence-electron chi connectivity index (χ4n) is 5.14. The van der Waals surface area contributed by atoms with E-state index in [2.05, 4.69) is 11.0 Å². The number of nitrogens with two attached hydrogens (primary N) is 1. The number of fused-ring (bicyclic) bond motifs is 4. The predicted molar refractivity (Wildman–Crippen MR) is 105 cm³/mol. The van der Waals surface area contributed by atoms with Gasteiger partial charge in [-0.15, -0.1) is 0 Å². The number of rotatable bonds is 4. The van der Waals surface area contributed by atoms with E-state index in [0.29, 0.717) is 25.4 Å². The molecule has 5 nitrogen and oxygen atoms in total. The Morgan fingerprint density at radius 3 is 2.92 bits per heavy atom. The van der Waals surface area contributed by atoms with Crippen molar-refractivity contribution in [1.82, 2.24) is 9.21 Å².